The van der Waals surface area contributed by atoms with Crippen LogP contribution < -0.4 is 9.62 Å². The fourth-order valence-electron chi connectivity index (χ4n) is 3.75. The fourth-order valence-corrected chi connectivity index (χ4v) is 5.14. The number of sulfonamides is 1. The number of aromatic nitrogens is 3. The first-order chi connectivity index (χ1) is 14.4. The molecule has 158 valence electrons. The molecule has 0 saturated carbocycles. The molecule has 1 aromatic carbocycles. The van der Waals surface area contributed by atoms with E-state index in [0.29, 0.717) is 17.1 Å². The summed E-state index contributed by atoms with van der Waals surface area (Å²) >= 11 is 0. The third-order valence-corrected chi connectivity index (χ3v) is 6.85. The zero-order valence-corrected chi connectivity index (χ0v) is 17.9. The first kappa shape index (κ1) is 20.3. The second kappa shape index (κ2) is 8.43. The second-order valence-electron chi connectivity index (χ2n) is 7.52. The van der Waals surface area contributed by atoms with Crippen LogP contribution in [0.25, 0.3) is 11.3 Å². The van der Waals surface area contributed by atoms with Crippen LogP contribution in [-0.4, -0.2) is 36.9 Å². The van der Waals surface area contributed by atoms with Crippen LogP contribution in [0.3, 0.4) is 0 Å². The monoisotopic (exact) mass is 427 g/mol. The van der Waals surface area contributed by atoms with E-state index in [4.69, 9.17) is 4.52 Å². The molecular formula is C21H25N5O3S. The second-order valence-corrected chi connectivity index (χ2v) is 9.14. The smallest absolute Gasteiger partial charge is 0.267 e. The standard InChI is InChI=1S/C21H25N5O3S/c1-15-21(16(2)29-24-15)30(27,28)25-18-9-7-8-17(14-18)19-10-11-20(23-22-19)26-12-5-3-4-6-13-26/h7-11,14,25H,3-6,12-13H2,1-2H3. The van der Waals surface area contributed by atoms with E-state index in [9.17, 15) is 8.42 Å². The maximum absolute atomic E-state index is 12.8. The molecule has 0 aliphatic carbocycles. The third kappa shape index (κ3) is 4.30. The molecule has 4 rings (SSSR count). The van der Waals surface area contributed by atoms with Crippen LogP contribution in [0.15, 0.2) is 45.8 Å². The highest BCUT2D eigenvalue weighted by atomic mass is 32.2. The van der Waals surface area contributed by atoms with Crippen molar-refractivity contribution >= 4 is 21.5 Å². The lowest BCUT2D eigenvalue weighted by Crippen LogP contribution is -2.25. The highest BCUT2D eigenvalue weighted by Crippen LogP contribution is 2.26. The van der Waals surface area contributed by atoms with Gasteiger partial charge in [-0.25, -0.2) is 8.42 Å². The predicted octanol–water partition coefficient (Wildman–Crippen LogP) is 3.93. The lowest BCUT2D eigenvalue weighted by Gasteiger charge is -2.20. The van der Waals surface area contributed by atoms with Crippen LogP contribution in [0, 0.1) is 13.8 Å². The highest BCUT2D eigenvalue weighted by molar-refractivity contribution is 7.92. The summed E-state index contributed by atoms with van der Waals surface area (Å²) < 4.78 is 33.1. The van der Waals surface area contributed by atoms with Crippen molar-refractivity contribution in [2.45, 2.75) is 44.4 Å². The summed E-state index contributed by atoms with van der Waals surface area (Å²) in [6, 6.07) is 11.0. The molecule has 1 fully saturated rings. The van der Waals surface area contributed by atoms with Crippen molar-refractivity contribution in [2.75, 3.05) is 22.7 Å². The number of nitrogens with one attached hydrogen (secondary N) is 1. The number of hydrogen-bond donors (Lipinski definition) is 1. The van der Waals surface area contributed by atoms with Crippen molar-refractivity contribution in [1.29, 1.82) is 0 Å². The zero-order chi connectivity index (χ0) is 21.1. The Morgan fingerprint density at radius 2 is 1.77 bits per heavy atom. The molecule has 0 amide bonds. The van der Waals surface area contributed by atoms with Crippen LogP contribution >= 0.6 is 0 Å². The van der Waals surface area contributed by atoms with Gasteiger partial charge in [-0.1, -0.05) is 30.1 Å². The Hall–Kier alpha value is -2.94. The minimum atomic E-state index is -3.80. The number of nitrogens with zero attached hydrogens (tertiary/aromatic N) is 4. The van der Waals surface area contributed by atoms with Gasteiger partial charge in [-0.05, 0) is 51.0 Å². The first-order valence-electron chi connectivity index (χ1n) is 10.1. The molecule has 1 aliphatic rings. The highest BCUT2D eigenvalue weighted by Gasteiger charge is 2.24. The van der Waals surface area contributed by atoms with Crippen LogP contribution in [0.1, 0.15) is 37.1 Å². The summed E-state index contributed by atoms with van der Waals surface area (Å²) in [5, 5.41) is 12.5. The Bertz CT molecular complexity index is 1100. The zero-order valence-electron chi connectivity index (χ0n) is 17.1. The molecule has 2 aromatic heterocycles. The Kier molecular flexibility index (Phi) is 5.72. The summed E-state index contributed by atoms with van der Waals surface area (Å²) in [4.78, 5) is 2.34. The molecule has 9 heteroatoms. The molecule has 1 N–H and O–H groups in total. The molecule has 1 saturated heterocycles. The van der Waals surface area contributed by atoms with E-state index in [1.165, 1.54) is 25.7 Å². The Balaban J connectivity index is 1.55. The molecule has 0 radical (unpaired) electrons. The van der Waals surface area contributed by atoms with Gasteiger partial charge in [0.2, 0.25) is 0 Å². The minimum absolute atomic E-state index is 0.0643. The van der Waals surface area contributed by atoms with E-state index in [1.807, 2.05) is 18.2 Å². The SMILES string of the molecule is Cc1noc(C)c1S(=O)(=O)Nc1cccc(-c2ccc(N3CCCCCC3)nn2)c1. The quantitative estimate of drug-likeness (QED) is 0.658. The molecule has 30 heavy (non-hydrogen) atoms. The van der Waals surface area contributed by atoms with Crippen molar-refractivity contribution in [1.82, 2.24) is 15.4 Å². The van der Waals surface area contributed by atoms with E-state index in [1.54, 1.807) is 32.0 Å². The van der Waals surface area contributed by atoms with Crippen LogP contribution in [0.5, 0.6) is 0 Å². The Labute approximate surface area is 176 Å². The van der Waals surface area contributed by atoms with Crippen molar-refractivity contribution in [2.24, 2.45) is 0 Å². The van der Waals surface area contributed by atoms with Gasteiger partial charge in [0.1, 0.15) is 5.69 Å². The number of benzene rings is 1. The van der Waals surface area contributed by atoms with Gasteiger partial charge in [-0.3, -0.25) is 4.72 Å². The van der Waals surface area contributed by atoms with Crippen LogP contribution in [-0.2, 0) is 10.0 Å². The van der Waals surface area contributed by atoms with Gasteiger partial charge in [-0.15, -0.1) is 10.2 Å². The van der Waals surface area contributed by atoms with Gasteiger partial charge in [0.15, 0.2) is 16.5 Å². The van der Waals surface area contributed by atoms with E-state index >= 15 is 0 Å². The van der Waals surface area contributed by atoms with Crippen molar-refractivity contribution in [3.63, 3.8) is 0 Å². The van der Waals surface area contributed by atoms with Gasteiger partial charge in [-0.2, -0.15) is 0 Å². The van der Waals surface area contributed by atoms with E-state index in [-0.39, 0.29) is 10.7 Å². The number of aryl methyl sites for hydroxylation is 2. The fraction of sp³-hybridized carbons (Fsp3) is 0.381. The maximum Gasteiger partial charge on any atom is 0.267 e. The van der Waals surface area contributed by atoms with E-state index < -0.39 is 10.0 Å². The van der Waals surface area contributed by atoms with Gasteiger partial charge >= 0.3 is 0 Å². The topological polar surface area (TPSA) is 101 Å². The van der Waals surface area contributed by atoms with Crippen LogP contribution in [0.4, 0.5) is 11.5 Å². The Morgan fingerprint density at radius 1 is 1.00 bits per heavy atom. The van der Waals surface area contributed by atoms with E-state index in [0.717, 1.165) is 24.5 Å². The summed E-state index contributed by atoms with van der Waals surface area (Å²) in [7, 11) is -3.80. The summed E-state index contributed by atoms with van der Waals surface area (Å²) in [6.07, 6.45) is 4.88. The predicted molar refractivity (Wildman–Crippen MR) is 115 cm³/mol. The van der Waals surface area contributed by atoms with Crippen LogP contribution in [0.2, 0.25) is 0 Å². The van der Waals surface area contributed by atoms with Gasteiger partial charge in [0, 0.05) is 24.3 Å². The third-order valence-electron chi connectivity index (χ3n) is 5.23. The molecule has 1 aliphatic heterocycles. The first-order valence-corrected chi connectivity index (χ1v) is 11.6. The molecular weight excluding hydrogens is 402 g/mol. The van der Waals surface area contributed by atoms with Crippen molar-refractivity contribution in [3.05, 3.63) is 47.9 Å². The molecule has 0 bridgehead atoms. The normalized spacial score (nSPS) is 15.1. The molecule has 0 spiro atoms. The Morgan fingerprint density at radius 3 is 2.40 bits per heavy atom. The minimum Gasteiger partial charge on any atom is -0.360 e. The molecule has 0 atom stereocenters. The molecule has 3 heterocycles. The molecule has 3 aromatic rings. The summed E-state index contributed by atoms with van der Waals surface area (Å²) in [5.74, 6) is 1.14. The average Bonchev–Trinajstić information content (AvgIpc) is 2.93. The maximum atomic E-state index is 12.8. The van der Waals surface area contributed by atoms with Gasteiger partial charge in [0.05, 0.1) is 5.69 Å². The number of rotatable bonds is 5. The van der Waals surface area contributed by atoms with Crippen molar-refractivity contribution < 1.29 is 12.9 Å². The number of anilines is 2. The van der Waals surface area contributed by atoms with Crippen molar-refractivity contribution in [3.8, 4) is 11.3 Å². The van der Waals surface area contributed by atoms with Gasteiger partial charge in [0.25, 0.3) is 10.0 Å². The summed E-state index contributed by atoms with van der Waals surface area (Å²) in [6.45, 7) is 5.19. The molecule has 0 unspecified atom stereocenters. The average molecular weight is 428 g/mol. The number of hydrogen-bond acceptors (Lipinski definition) is 7. The lowest BCUT2D eigenvalue weighted by atomic mass is 10.1. The lowest BCUT2D eigenvalue weighted by molar-refractivity contribution is 0.390. The van der Waals surface area contributed by atoms with E-state index in [2.05, 4.69) is 25.0 Å². The summed E-state index contributed by atoms with van der Waals surface area (Å²) in [5.41, 5.74) is 2.23. The largest absolute Gasteiger partial charge is 0.360 e. The molecule has 8 nitrogen and oxygen atoms in total. The van der Waals surface area contributed by atoms with Gasteiger partial charge < -0.3 is 9.42 Å².